The van der Waals surface area contributed by atoms with E-state index in [1.54, 1.807) is 0 Å². The Balaban J connectivity index is 1.93. The van der Waals surface area contributed by atoms with Gasteiger partial charge >= 0.3 is 0 Å². The summed E-state index contributed by atoms with van der Waals surface area (Å²) in [5, 5.41) is 0. The van der Waals surface area contributed by atoms with E-state index >= 15 is 0 Å². The van der Waals surface area contributed by atoms with Crippen LogP contribution in [0.25, 0.3) is 0 Å². The third kappa shape index (κ3) is 1.10. The predicted octanol–water partition coefficient (Wildman–Crippen LogP) is 2.13. The summed E-state index contributed by atoms with van der Waals surface area (Å²) in [5.41, 5.74) is 0. The Morgan fingerprint density at radius 1 is 1.30 bits per heavy atom. The average Bonchev–Trinajstić information content (AvgIpc) is 2.61. The van der Waals surface area contributed by atoms with Gasteiger partial charge in [0.25, 0.3) is 0 Å². The molecule has 0 aromatic carbocycles. The predicted molar refractivity (Wildman–Crippen MR) is 40.8 cm³/mol. The molecule has 1 heteroatoms. The number of allylic oxidation sites excluding steroid dienone is 1. The highest BCUT2D eigenvalue weighted by molar-refractivity contribution is 4.94. The number of hydrogen-bond acceptors (Lipinski definition) is 1. The summed E-state index contributed by atoms with van der Waals surface area (Å²) in [7, 11) is 0. The van der Waals surface area contributed by atoms with E-state index < -0.39 is 0 Å². The van der Waals surface area contributed by atoms with Gasteiger partial charge in [-0.3, -0.25) is 0 Å². The van der Waals surface area contributed by atoms with Crippen molar-refractivity contribution in [2.75, 3.05) is 0 Å². The molecule has 2 aliphatic rings. The van der Waals surface area contributed by atoms with Crippen LogP contribution in [0.5, 0.6) is 0 Å². The van der Waals surface area contributed by atoms with Gasteiger partial charge in [-0.25, -0.2) is 0 Å². The molecule has 2 rings (SSSR count). The zero-order chi connectivity index (χ0) is 6.97. The molecule has 0 amide bonds. The van der Waals surface area contributed by atoms with Crippen molar-refractivity contribution < 1.29 is 4.74 Å². The van der Waals surface area contributed by atoms with Crippen molar-refractivity contribution in [1.29, 1.82) is 0 Å². The minimum Gasteiger partial charge on any atom is -0.370 e. The van der Waals surface area contributed by atoms with E-state index in [4.69, 9.17) is 4.74 Å². The van der Waals surface area contributed by atoms with Gasteiger partial charge in [-0.15, -0.1) is 6.58 Å². The Kier molecular flexibility index (Phi) is 1.53. The minimum absolute atomic E-state index is 0.602. The molecule has 3 unspecified atom stereocenters. The molecule has 10 heavy (non-hydrogen) atoms. The van der Waals surface area contributed by atoms with Crippen molar-refractivity contribution in [1.82, 2.24) is 0 Å². The SMILES string of the molecule is C=CC1CCCC2OC2C1. The molecule has 0 spiro atoms. The van der Waals surface area contributed by atoms with E-state index in [1.807, 2.05) is 0 Å². The van der Waals surface area contributed by atoms with Gasteiger partial charge in [0.05, 0.1) is 12.2 Å². The van der Waals surface area contributed by atoms with Gasteiger partial charge in [-0.1, -0.05) is 12.5 Å². The van der Waals surface area contributed by atoms with Crippen molar-refractivity contribution >= 4 is 0 Å². The fourth-order valence-corrected chi connectivity index (χ4v) is 1.85. The van der Waals surface area contributed by atoms with Crippen LogP contribution in [0.1, 0.15) is 25.7 Å². The molecule has 1 nitrogen and oxygen atoms in total. The van der Waals surface area contributed by atoms with Crippen molar-refractivity contribution in [3.63, 3.8) is 0 Å². The van der Waals surface area contributed by atoms with Gasteiger partial charge in [-0.05, 0) is 25.2 Å². The molecule has 0 bridgehead atoms. The molecule has 0 aromatic rings. The molecule has 56 valence electrons. The number of ether oxygens (including phenoxy) is 1. The molecule has 1 saturated heterocycles. The highest BCUT2D eigenvalue weighted by Crippen LogP contribution is 2.37. The summed E-state index contributed by atoms with van der Waals surface area (Å²) in [6.45, 7) is 3.82. The average molecular weight is 138 g/mol. The van der Waals surface area contributed by atoms with Crippen LogP contribution in [0, 0.1) is 5.92 Å². The largest absolute Gasteiger partial charge is 0.370 e. The lowest BCUT2D eigenvalue weighted by Crippen LogP contribution is -1.98. The van der Waals surface area contributed by atoms with Gasteiger partial charge in [0.2, 0.25) is 0 Å². The summed E-state index contributed by atoms with van der Waals surface area (Å²) in [4.78, 5) is 0. The molecule has 1 aliphatic heterocycles. The summed E-state index contributed by atoms with van der Waals surface area (Å²) < 4.78 is 5.44. The third-order valence-electron chi connectivity index (χ3n) is 2.62. The van der Waals surface area contributed by atoms with E-state index in [9.17, 15) is 0 Å². The first-order valence-corrected chi connectivity index (χ1v) is 4.18. The summed E-state index contributed by atoms with van der Waals surface area (Å²) >= 11 is 0. The first kappa shape index (κ1) is 6.41. The molecule has 1 aliphatic carbocycles. The second-order valence-electron chi connectivity index (χ2n) is 3.38. The van der Waals surface area contributed by atoms with E-state index in [0.29, 0.717) is 12.2 Å². The quantitative estimate of drug-likeness (QED) is 0.399. The zero-order valence-corrected chi connectivity index (χ0v) is 6.25. The van der Waals surface area contributed by atoms with E-state index in [1.165, 1.54) is 25.7 Å². The van der Waals surface area contributed by atoms with E-state index in [2.05, 4.69) is 12.7 Å². The van der Waals surface area contributed by atoms with Crippen LogP contribution < -0.4 is 0 Å². The summed E-state index contributed by atoms with van der Waals surface area (Å²) in [6, 6.07) is 0. The van der Waals surface area contributed by atoms with E-state index in [-0.39, 0.29) is 0 Å². The van der Waals surface area contributed by atoms with Gasteiger partial charge in [0, 0.05) is 0 Å². The highest BCUT2D eigenvalue weighted by Gasteiger charge is 2.40. The molecular weight excluding hydrogens is 124 g/mol. The number of fused-ring (bicyclic) bond motifs is 1. The minimum atomic E-state index is 0.602. The molecule has 0 N–H and O–H groups in total. The maximum absolute atomic E-state index is 5.44. The molecule has 0 radical (unpaired) electrons. The van der Waals surface area contributed by atoms with Gasteiger partial charge in [0.1, 0.15) is 0 Å². The lowest BCUT2D eigenvalue weighted by atomic mass is 10.0. The smallest absolute Gasteiger partial charge is 0.0847 e. The lowest BCUT2D eigenvalue weighted by Gasteiger charge is -2.06. The standard InChI is InChI=1S/C9H14O/c1-2-7-4-3-5-8-9(6-7)10-8/h2,7-9H,1,3-6H2. The summed E-state index contributed by atoms with van der Waals surface area (Å²) in [6.07, 6.45) is 8.50. The number of hydrogen-bond donors (Lipinski definition) is 0. The fraction of sp³-hybridized carbons (Fsp3) is 0.778. The van der Waals surface area contributed by atoms with Crippen molar-refractivity contribution in [3.8, 4) is 0 Å². The molecule has 0 aromatic heterocycles. The Labute approximate surface area is 62.1 Å². The topological polar surface area (TPSA) is 12.5 Å². The number of rotatable bonds is 1. The first-order chi connectivity index (χ1) is 4.90. The fourth-order valence-electron chi connectivity index (χ4n) is 1.85. The van der Waals surface area contributed by atoms with Crippen LogP contribution in [0.4, 0.5) is 0 Å². The Morgan fingerprint density at radius 3 is 3.00 bits per heavy atom. The Bertz CT molecular complexity index is 142. The second-order valence-corrected chi connectivity index (χ2v) is 3.38. The van der Waals surface area contributed by atoms with Crippen molar-refractivity contribution in [2.24, 2.45) is 5.92 Å². The van der Waals surface area contributed by atoms with Gasteiger partial charge < -0.3 is 4.74 Å². The third-order valence-corrected chi connectivity index (χ3v) is 2.62. The molecular formula is C9H14O. The van der Waals surface area contributed by atoms with Crippen LogP contribution >= 0.6 is 0 Å². The lowest BCUT2D eigenvalue weighted by molar-refractivity contribution is 0.317. The van der Waals surface area contributed by atoms with Crippen molar-refractivity contribution in [3.05, 3.63) is 12.7 Å². The highest BCUT2D eigenvalue weighted by atomic mass is 16.6. The van der Waals surface area contributed by atoms with Crippen LogP contribution in [0.15, 0.2) is 12.7 Å². The molecule has 3 atom stereocenters. The Morgan fingerprint density at radius 2 is 2.20 bits per heavy atom. The van der Waals surface area contributed by atoms with Crippen LogP contribution in [0.2, 0.25) is 0 Å². The van der Waals surface area contributed by atoms with Crippen molar-refractivity contribution in [2.45, 2.75) is 37.9 Å². The van der Waals surface area contributed by atoms with Crippen LogP contribution in [-0.4, -0.2) is 12.2 Å². The van der Waals surface area contributed by atoms with Crippen LogP contribution in [-0.2, 0) is 4.74 Å². The number of epoxide rings is 1. The van der Waals surface area contributed by atoms with Crippen LogP contribution in [0.3, 0.4) is 0 Å². The zero-order valence-electron chi connectivity index (χ0n) is 6.25. The monoisotopic (exact) mass is 138 g/mol. The van der Waals surface area contributed by atoms with Gasteiger partial charge in [0.15, 0.2) is 0 Å². The van der Waals surface area contributed by atoms with E-state index in [0.717, 1.165) is 5.92 Å². The molecule has 1 heterocycles. The maximum atomic E-state index is 5.44. The molecule has 2 fully saturated rings. The maximum Gasteiger partial charge on any atom is 0.0847 e. The summed E-state index contributed by atoms with van der Waals surface area (Å²) in [5.74, 6) is 0.734. The first-order valence-electron chi connectivity index (χ1n) is 4.18. The van der Waals surface area contributed by atoms with Gasteiger partial charge in [-0.2, -0.15) is 0 Å². The Hall–Kier alpha value is -0.300. The molecule has 1 saturated carbocycles. The normalized spacial score (nSPS) is 45.4. The second kappa shape index (κ2) is 2.39.